The van der Waals surface area contributed by atoms with Crippen molar-refractivity contribution in [2.45, 2.75) is 25.8 Å². The first-order chi connectivity index (χ1) is 8.02. The number of aromatic nitrogens is 1. The van der Waals surface area contributed by atoms with Crippen LogP contribution in [0.1, 0.15) is 25.1 Å². The van der Waals surface area contributed by atoms with Crippen LogP contribution in [0.15, 0.2) is 18.2 Å². The lowest BCUT2D eigenvalue weighted by Gasteiger charge is -2.33. The summed E-state index contributed by atoms with van der Waals surface area (Å²) in [5, 5.41) is 14.8. The second-order valence-electron chi connectivity index (χ2n) is 5.36. The summed E-state index contributed by atoms with van der Waals surface area (Å²) in [6.45, 7) is 5.39. The lowest BCUT2D eigenvalue weighted by molar-refractivity contribution is 0.362. The van der Waals surface area contributed by atoms with Crippen LogP contribution < -0.4 is 5.32 Å². The van der Waals surface area contributed by atoms with Crippen molar-refractivity contribution in [3.63, 3.8) is 0 Å². The van der Waals surface area contributed by atoms with E-state index in [2.05, 4.69) is 29.8 Å². The lowest BCUT2D eigenvalue weighted by atomic mass is 9.90. The van der Waals surface area contributed by atoms with Crippen LogP contribution in [0.2, 0.25) is 0 Å². The Balaban J connectivity index is 2.46. The van der Waals surface area contributed by atoms with Crippen molar-refractivity contribution in [2.75, 3.05) is 6.54 Å². The van der Waals surface area contributed by atoms with Gasteiger partial charge in [0.2, 0.25) is 0 Å². The van der Waals surface area contributed by atoms with Crippen LogP contribution in [0, 0.1) is 0 Å². The summed E-state index contributed by atoms with van der Waals surface area (Å²) in [5.74, 6) is 0.371. The van der Waals surface area contributed by atoms with Gasteiger partial charge in [-0.15, -0.1) is 0 Å². The fraction of sp³-hybridized carbons (Fsp3) is 0.429. The second-order valence-corrected chi connectivity index (χ2v) is 5.36. The summed E-state index contributed by atoms with van der Waals surface area (Å²) in [5.41, 5.74) is 3.59. The first-order valence-electron chi connectivity index (χ1n) is 6.07. The van der Waals surface area contributed by atoms with E-state index in [1.54, 1.807) is 6.07 Å². The highest BCUT2D eigenvalue weighted by Crippen LogP contribution is 2.38. The third-order valence-electron chi connectivity index (χ3n) is 3.83. The van der Waals surface area contributed by atoms with Gasteiger partial charge in [0.05, 0.1) is 11.1 Å². The van der Waals surface area contributed by atoms with Crippen LogP contribution in [0.25, 0.3) is 10.9 Å². The third kappa shape index (κ3) is 1.32. The van der Waals surface area contributed by atoms with Gasteiger partial charge in [-0.1, -0.05) is 12.1 Å². The summed E-state index contributed by atoms with van der Waals surface area (Å²) >= 11 is 0. The third-order valence-corrected chi connectivity index (χ3v) is 3.83. The first kappa shape index (κ1) is 10.7. The average molecular weight is 230 g/mol. The highest BCUT2D eigenvalue weighted by molar-refractivity contribution is 5.90. The molecule has 0 aliphatic carbocycles. The molecule has 2 aromatic rings. The number of para-hydroxylation sites is 1. The zero-order chi connectivity index (χ0) is 12.2. The van der Waals surface area contributed by atoms with Gasteiger partial charge in [-0.25, -0.2) is 0 Å². The Morgan fingerprint density at radius 2 is 2.12 bits per heavy atom. The minimum absolute atomic E-state index is 0.0339. The molecular formula is C14H18N2O. The summed E-state index contributed by atoms with van der Waals surface area (Å²) in [6.07, 6.45) is 1.03. The zero-order valence-corrected chi connectivity index (χ0v) is 10.5. The van der Waals surface area contributed by atoms with E-state index in [0.717, 1.165) is 18.5 Å². The normalized spacial score (nSPS) is 18.3. The molecule has 0 unspecified atom stereocenters. The van der Waals surface area contributed by atoms with Gasteiger partial charge < -0.3 is 15.0 Å². The van der Waals surface area contributed by atoms with Gasteiger partial charge in [0, 0.05) is 24.7 Å². The second kappa shape index (κ2) is 3.26. The smallest absolute Gasteiger partial charge is 0.139 e. The Morgan fingerprint density at radius 3 is 2.88 bits per heavy atom. The van der Waals surface area contributed by atoms with Crippen molar-refractivity contribution in [3.8, 4) is 5.75 Å². The highest BCUT2D eigenvalue weighted by Gasteiger charge is 2.32. The van der Waals surface area contributed by atoms with Crippen LogP contribution in [0.3, 0.4) is 0 Å². The average Bonchev–Trinajstić information content (AvgIpc) is 2.55. The highest BCUT2D eigenvalue weighted by atomic mass is 16.3. The molecule has 17 heavy (non-hydrogen) atoms. The van der Waals surface area contributed by atoms with Crippen molar-refractivity contribution in [3.05, 3.63) is 29.5 Å². The Morgan fingerprint density at radius 1 is 1.35 bits per heavy atom. The summed E-state index contributed by atoms with van der Waals surface area (Å²) < 4.78 is 2.13. The molecule has 0 saturated carbocycles. The van der Waals surface area contributed by atoms with Gasteiger partial charge in [-0.05, 0) is 31.9 Å². The fourth-order valence-corrected chi connectivity index (χ4v) is 3.20. The topological polar surface area (TPSA) is 37.2 Å². The molecule has 3 rings (SSSR count). The monoisotopic (exact) mass is 230 g/mol. The molecule has 0 bridgehead atoms. The maximum absolute atomic E-state index is 10.0. The molecule has 1 aromatic heterocycles. The fourth-order valence-electron chi connectivity index (χ4n) is 3.20. The molecule has 0 atom stereocenters. The molecule has 0 radical (unpaired) electrons. The van der Waals surface area contributed by atoms with Gasteiger partial charge in [0.25, 0.3) is 0 Å². The van der Waals surface area contributed by atoms with Crippen LogP contribution in [-0.2, 0) is 19.0 Å². The number of fused-ring (bicyclic) bond motifs is 3. The number of hydrogen-bond donors (Lipinski definition) is 2. The number of benzene rings is 1. The number of hydrogen-bond acceptors (Lipinski definition) is 2. The molecular weight excluding hydrogens is 212 g/mol. The van der Waals surface area contributed by atoms with E-state index in [4.69, 9.17) is 0 Å². The molecule has 1 aliphatic heterocycles. The van der Waals surface area contributed by atoms with E-state index >= 15 is 0 Å². The van der Waals surface area contributed by atoms with Gasteiger partial charge >= 0.3 is 0 Å². The minimum atomic E-state index is -0.0339. The van der Waals surface area contributed by atoms with Crippen molar-refractivity contribution in [1.82, 2.24) is 9.88 Å². The van der Waals surface area contributed by atoms with Crippen molar-refractivity contribution >= 4 is 10.9 Å². The lowest BCUT2D eigenvalue weighted by Crippen LogP contribution is -2.43. The van der Waals surface area contributed by atoms with E-state index in [1.807, 2.05) is 13.1 Å². The predicted molar refractivity (Wildman–Crippen MR) is 69.3 cm³/mol. The van der Waals surface area contributed by atoms with E-state index in [1.165, 1.54) is 16.6 Å². The number of phenols is 1. The van der Waals surface area contributed by atoms with Crippen LogP contribution in [0.5, 0.6) is 5.75 Å². The molecule has 0 spiro atoms. The maximum atomic E-state index is 10.0. The molecule has 1 aromatic carbocycles. The maximum Gasteiger partial charge on any atom is 0.139 e. The van der Waals surface area contributed by atoms with Gasteiger partial charge in [0.15, 0.2) is 0 Å². The number of aryl methyl sites for hydroxylation is 1. The Bertz CT molecular complexity index is 596. The quantitative estimate of drug-likeness (QED) is 0.728. The summed E-state index contributed by atoms with van der Waals surface area (Å²) in [7, 11) is 2.04. The summed E-state index contributed by atoms with van der Waals surface area (Å²) in [4.78, 5) is 0. The number of nitrogens with one attached hydrogen (secondary N) is 1. The van der Waals surface area contributed by atoms with E-state index in [-0.39, 0.29) is 5.54 Å². The Hall–Kier alpha value is -1.48. The van der Waals surface area contributed by atoms with Gasteiger partial charge in [0.1, 0.15) is 5.75 Å². The number of phenolic OH excluding ortho intramolecular Hbond substituents is 1. The van der Waals surface area contributed by atoms with Crippen LogP contribution in [-0.4, -0.2) is 16.2 Å². The van der Waals surface area contributed by atoms with Gasteiger partial charge in [-0.2, -0.15) is 0 Å². The minimum Gasteiger partial charge on any atom is -0.506 e. The predicted octanol–water partition coefficient (Wildman–Crippen LogP) is 2.26. The first-order valence-corrected chi connectivity index (χ1v) is 6.07. The molecule has 0 fully saturated rings. The van der Waals surface area contributed by atoms with Crippen molar-refractivity contribution < 1.29 is 5.11 Å². The van der Waals surface area contributed by atoms with Gasteiger partial charge in [-0.3, -0.25) is 0 Å². The molecule has 90 valence electrons. The Kier molecular flexibility index (Phi) is 2.05. The number of aromatic hydroxyl groups is 1. The van der Waals surface area contributed by atoms with E-state index < -0.39 is 0 Å². The van der Waals surface area contributed by atoms with E-state index in [9.17, 15) is 5.11 Å². The number of nitrogens with zero attached hydrogens (tertiary/aromatic N) is 1. The zero-order valence-electron chi connectivity index (χ0n) is 10.5. The molecule has 0 amide bonds. The standard InChI is InChI=1S/C14H18N2O/c1-14(2)13-10(7-8-15-14)9-5-4-6-11(17)12(9)16(13)3/h4-6,15,17H,7-8H2,1-3H3. The van der Waals surface area contributed by atoms with Crippen molar-refractivity contribution in [1.29, 1.82) is 0 Å². The van der Waals surface area contributed by atoms with E-state index in [0.29, 0.717) is 5.75 Å². The molecule has 3 nitrogen and oxygen atoms in total. The molecule has 1 aliphatic rings. The Labute approximate surface area is 101 Å². The molecule has 2 N–H and O–H groups in total. The number of rotatable bonds is 0. The van der Waals surface area contributed by atoms with Crippen LogP contribution in [0.4, 0.5) is 0 Å². The summed E-state index contributed by atoms with van der Waals surface area (Å²) in [6, 6.07) is 5.79. The SMILES string of the molecule is Cn1c2c(c3cccc(O)c31)CCNC2(C)C. The molecule has 2 heterocycles. The van der Waals surface area contributed by atoms with Crippen molar-refractivity contribution in [2.24, 2.45) is 7.05 Å². The van der Waals surface area contributed by atoms with Crippen LogP contribution >= 0.6 is 0 Å². The largest absolute Gasteiger partial charge is 0.506 e. The molecule has 0 saturated heterocycles. The molecule has 3 heteroatoms.